The molecule has 0 unspecified atom stereocenters. The molecule has 25 heavy (non-hydrogen) atoms. The highest BCUT2D eigenvalue weighted by molar-refractivity contribution is 5.88. The Morgan fingerprint density at radius 3 is 2.48 bits per heavy atom. The van der Waals surface area contributed by atoms with Crippen molar-refractivity contribution in [1.82, 2.24) is 0 Å². The van der Waals surface area contributed by atoms with E-state index in [4.69, 9.17) is 0 Å². The predicted molar refractivity (Wildman–Crippen MR) is 96.2 cm³/mol. The first-order valence-corrected chi connectivity index (χ1v) is 9.02. The molecular weight excluding hydrogens is 320 g/mol. The molecule has 0 radical (unpaired) electrons. The van der Waals surface area contributed by atoms with E-state index in [1.165, 1.54) is 6.07 Å². The number of carbonyl (C=O) groups is 1. The first-order chi connectivity index (χ1) is 11.5. The summed E-state index contributed by atoms with van der Waals surface area (Å²) in [6.07, 6.45) is 2.28. The van der Waals surface area contributed by atoms with Crippen LogP contribution in [0.25, 0.3) is 0 Å². The predicted octanol–water partition coefficient (Wildman–Crippen LogP) is 3.62. The first-order valence-electron chi connectivity index (χ1n) is 9.02. The van der Waals surface area contributed by atoms with Crippen LogP contribution in [0, 0.1) is 5.92 Å². The number of aliphatic hydroxyl groups is 2. The number of aromatic hydroxyl groups is 1. The van der Waals surface area contributed by atoms with E-state index in [9.17, 15) is 25.2 Å². The largest absolute Gasteiger partial charge is 0.508 e. The monoisotopic (exact) mass is 350 g/mol. The van der Waals surface area contributed by atoms with Crippen LogP contribution in [0.1, 0.15) is 86.7 Å². The molecule has 0 bridgehead atoms. The second-order valence-electron chi connectivity index (χ2n) is 8.11. The molecule has 1 aliphatic rings. The molecule has 1 aliphatic carbocycles. The van der Waals surface area contributed by atoms with Gasteiger partial charge in [0.05, 0.1) is 17.3 Å². The zero-order valence-corrected chi connectivity index (χ0v) is 15.5. The number of aromatic carboxylic acids is 1. The van der Waals surface area contributed by atoms with E-state index in [0.29, 0.717) is 6.42 Å². The molecule has 0 aromatic heterocycles. The fraction of sp³-hybridized carbons (Fsp3) is 0.650. The van der Waals surface area contributed by atoms with Gasteiger partial charge in [-0.05, 0) is 75.0 Å². The number of carboxylic acid groups (broad SMARTS) is 1. The average molecular weight is 350 g/mol. The van der Waals surface area contributed by atoms with Crippen molar-refractivity contribution in [1.29, 1.82) is 0 Å². The molecule has 4 atom stereocenters. The van der Waals surface area contributed by atoms with Gasteiger partial charge in [-0.15, -0.1) is 0 Å². The lowest BCUT2D eigenvalue weighted by Gasteiger charge is -2.35. The molecule has 1 aromatic carbocycles. The highest BCUT2D eigenvalue weighted by Crippen LogP contribution is 2.47. The highest BCUT2D eigenvalue weighted by Gasteiger charge is 2.33. The van der Waals surface area contributed by atoms with E-state index in [-0.39, 0.29) is 29.1 Å². The molecule has 5 heteroatoms. The maximum Gasteiger partial charge on any atom is 0.335 e. The molecule has 0 heterocycles. The average Bonchev–Trinajstić information content (AvgIpc) is 2.50. The van der Waals surface area contributed by atoms with E-state index in [0.717, 1.165) is 30.4 Å². The van der Waals surface area contributed by atoms with Crippen LogP contribution in [0.15, 0.2) is 12.1 Å². The number of hydrogen-bond donors (Lipinski definition) is 4. The number of phenols is 1. The van der Waals surface area contributed by atoms with Crippen LogP contribution in [0.3, 0.4) is 0 Å². The number of rotatable bonds is 6. The molecular formula is C20H30O5. The summed E-state index contributed by atoms with van der Waals surface area (Å²) in [4.78, 5) is 11.4. The van der Waals surface area contributed by atoms with Crippen molar-refractivity contribution in [3.8, 4) is 5.75 Å². The molecule has 0 aliphatic heterocycles. The third-order valence-corrected chi connectivity index (χ3v) is 5.64. The summed E-state index contributed by atoms with van der Waals surface area (Å²) in [5, 5.41) is 39.6. The van der Waals surface area contributed by atoms with Gasteiger partial charge in [0.2, 0.25) is 0 Å². The minimum Gasteiger partial charge on any atom is -0.508 e. The van der Waals surface area contributed by atoms with Gasteiger partial charge < -0.3 is 20.4 Å². The minimum absolute atomic E-state index is 0.0656. The number of aliphatic hydroxyl groups excluding tert-OH is 1. The van der Waals surface area contributed by atoms with E-state index >= 15 is 0 Å². The Kier molecular flexibility index (Phi) is 5.79. The Hall–Kier alpha value is -1.59. The maximum absolute atomic E-state index is 11.4. The van der Waals surface area contributed by atoms with E-state index in [1.54, 1.807) is 19.9 Å². The smallest absolute Gasteiger partial charge is 0.335 e. The standard InChI is InChI=1S/C20H30O5/c1-11(6-8-17(22)20(3,4)25)14-7-5-12(2)18-15(14)9-13(19(23)24)10-16(18)21/h9-12,14,17,21-22,25H,5-8H2,1-4H3,(H,23,24)/t11-,12+,14-,17-/m0/s1. The lowest BCUT2D eigenvalue weighted by Crippen LogP contribution is -2.36. The Balaban J connectivity index is 2.26. The van der Waals surface area contributed by atoms with Crippen molar-refractivity contribution < 1.29 is 25.2 Å². The second-order valence-corrected chi connectivity index (χ2v) is 8.11. The fourth-order valence-corrected chi connectivity index (χ4v) is 3.92. The van der Waals surface area contributed by atoms with Gasteiger partial charge in [0.25, 0.3) is 0 Å². The van der Waals surface area contributed by atoms with Crippen molar-refractivity contribution in [2.75, 3.05) is 0 Å². The second kappa shape index (κ2) is 7.34. The summed E-state index contributed by atoms with van der Waals surface area (Å²) < 4.78 is 0. The third-order valence-electron chi connectivity index (χ3n) is 5.64. The zero-order valence-electron chi connectivity index (χ0n) is 15.5. The Bertz CT molecular complexity index is 632. The normalized spacial score (nSPS) is 23.0. The van der Waals surface area contributed by atoms with Crippen LogP contribution in [0.4, 0.5) is 0 Å². The Morgan fingerprint density at radius 2 is 1.92 bits per heavy atom. The lowest BCUT2D eigenvalue weighted by molar-refractivity contribution is -0.0538. The van der Waals surface area contributed by atoms with Gasteiger partial charge in [-0.25, -0.2) is 4.79 Å². The minimum atomic E-state index is -1.13. The van der Waals surface area contributed by atoms with Gasteiger partial charge >= 0.3 is 5.97 Å². The van der Waals surface area contributed by atoms with Crippen molar-refractivity contribution in [2.45, 2.75) is 76.9 Å². The van der Waals surface area contributed by atoms with Gasteiger partial charge in [0, 0.05) is 5.56 Å². The van der Waals surface area contributed by atoms with Gasteiger partial charge in [0.15, 0.2) is 0 Å². The van der Waals surface area contributed by atoms with Crippen LogP contribution in [0.2, 0.25) is 0 Å². The summed E-state index contributed by atoms with van der Waals surface area (Å²) in [7, 11) is 0. The molecule has 0 fully saturated rings. The van der Waals surface area contributed by atoms with E-state index < -0.39 is 17.7 Å². The molecule has 2 rings (SSSR count). The van der Waals surface area contributed by atoms with Gasteiger partial charge in [-0.2, -0.15) is 0 Å². The highest BCUT2D eigenvalue weighted by atomic mass is 16.4. The number of benzene rings is 1. The number of fused-ring (bicyclic) bond motifs is 1. The van der Waals surface area contributed by atoms with Gasteiger partial charge in [0.1, 0.15) is 5.75 Å². The molecule has 0 saturated heterocycles. The van der Waals surface area contributed by atoms with Gasteiger partial charge in [-0.3, -0.25) is 0 Å². The summed E-state index contributed by atoms with van der Waals surface area (Å²) in [6, 6.07) is 3.03. The fourth-order valence-electron chi connectivity index (χ4n) is 3.92. The SMILES string of the molecule is C[C@@H]1CC[C@@H]([C@@H](C)CC[C@H](O)C(C)(C)O)c2cc(C(=O)O)cc(O)c21. The van der Waals surface area contributed by atoms with E-state index in [2.05, 4.69) is 13.8 Å². The zero-order chi connectivity index (χ0) is 18.9. The number of hydrogen-bond acceptors (Lipinski definition) is 4. The molecule has 0 saturated carbocycles. The number of phenolic OH excluding ortho intramolecular Hbond substituents is 1. The number of carboxylic acids is 1. The van der Waals surface area contributed by atoms with Crippen LogP contribution >= 0.6 is 0 Å². The molecule has 1 aromatic rings. The van der Waals surface area contributed by atoms with Crippen molar-refractivity contribution in [3.05, 3.63) is 28.8 Å². The maximum atomic E-state index is 11.4. The molecule has 4 N–H and O–H groups in total. The Labute approximate surface area is 149 Å². The van der Waals surface area contributed by atoms with Gasteiger partial charge in [-0.1, -0.05) is 13.8 Å². The van der Waals surface area contributed by atoms with Crippen molar-refractivity contribution >= 4 is 5.97 Å². The van der Waals surface area contributed by atoms with Crippen LogP contribution in [0.5, 0.6) is 5.75 Å². The summed E-state index contributed by atoms with van der Waals surface area (Å²) in [5.41, 5.74) is 0.754. The topological polar surface area (TPSA) is 98.0 Å². The van der Waals surface area contributed by atoms with Crippen LogP contribution < -0.4 is 0 Å². The Morgan fingerprint density at radius 1 is 1.28 bits per heavy atom. The summed E-state index contributed by atoms with van der Waals surface area (Å²) in [5.74, 6) is -0.420. The third kappa shape index (κ3) is 4.33. The van der Waals surface area contributed by atoms with Crippen molar-refractivity contribution in [3.63, 3.8) is 0 Å². The molecule has 0 spiro atoms. The lowest BCUT2D eigenvalue weighted by atomic mass is 9.70. The first kappa shape index (κ1) is 19.7. The van der Waals surface area contributed by atoms with Crippen molar-refractivity contribution in [2.24, 2.45) is 5.92 Å². The summed E-state index contributed by atoms with van der Waals surface area (Å²) in [6.45, 7) is 7.33. The van der Waals surface area contributed by atoms with Crippen LogP contribution in [-0.4, -0.2) is 38.1 Å². The molecule has 5 nitrogen and oxygen atoms in total. The van der Waals surface area contributed by atoms with E-state index in [1.807, 2.05) is 0 Å². The molecule has 140 valence electrons. The summed E-state index contributed by atoms with van der Waals surface area (Å²) >= 11 is 0. The molecule has 0 amide bonds. The van der Waals surface area contributed by atoms with Crippen LogP contribution in [-0.2, 0) is 0 Å². The quantitative estimate of drug-likeness (QED) is 0.628.